The third kappa shape index (κ3) is 2.86. The Bertz CT molecular complexity index is 1220. The zero-order chi connectivity index (χ0) is 21.0. The van der Waals surface area contributed by atoms with E-state index in [2.05, 4.69) is 16.4 Å². The molecule has 2 aliphatic rings. The van der Waals surface area contributed by atoms with E-state index in [-0.39, 0.29) is 11.2 Å². The van der Waals surface area contributed by atoms with Crippen molar-refractivity contribution < 1.29 is 4.74 Å². The molecule has 9 nitrogen and oxygen atoms in total. The highest BCUT2D eigenvalue weighted by Crippen LogP contribution is 2.34. The van der Waals surface area contributed by atoms with Crippen LogP contribution in [0.1, 0.15) is 43.1 Å². The van der Waals surface area contributed by atoms with Crippen molar-refractivity contribution in [3.8, 4) is 0 Å². The maximum atomic E-state index is 13.5. The van der Waals surface area contributed by atoms with Gasteiger partial charge in [-0.15, -0.1) is 0 Å². The Kier molecular flexibility index (Phi) is 4.82. The summed E-state index contributed by atoms with van der Waals surface area (Å²) < 4.78 is 12.5. The summed E-state index contributed by atoms with van der Waals surface area (Å²) in [5.74, 6) is 0.782. The third-order valence-electron chi connectivity index (χ3n) is 6.99. The molecule has 0 radical (unpaired) electrons. The van der Waals surface area contributed by atoms with Crippen molar-refractivity contribution in [3.63, 3.8) is 0 Å². The van der Waals surface area contributed by atoms with Crippen LogP contribution in [0.4, 0.5) is 0 Å². The van der Waals surface area contributed by atoms with Crippen LogP contribution in [-0.2, 0) is 18.3 Å². The van der Waals surface area contributed by atoms with E-state index in [1.165, 1.54) is 22.0 Å². The zero-order valence-electron chi connectivity index (χ0n) is 18.1. The first-order valence-electron chi connectivity index (χ1n) is 11.0. The molecule has 0 aromatic carbocycles. The van der Waals surface area contributed by atoms with Gasteiger partial charge in [0.05, 0.1) is 13.2 Å². The molecule has 0 spiro atoms. The van der Waals surface area contributed by atoms with Gasteiger partial charge in [0, 0.05) is 50.7 Å². The van der Waals surface area contributed by atoms with Gasteiger partial charge in [0.25, 0.3) is 5.56 Å². The molecule has 3 aromatic heterocycles. The molecule has 0 N–H and O–H groups in total. The van der Waals surface area contributed by atoms with Crippen LogP contribution < -0.4 is 11.2 Å². The minimum absolute atomic E-state index is 0.250. The number of hydrogen-bond acceptors (Lipinski definition) is 5. The second-order valence-electron chi connectivity index (χ2n) is 8.65. The van der Waals surface area contributed by atoms with E-state index in [0.717, 1.165) is 43.1 Å². The highest BCUT2D eigenvalue weighted by atomic mass is 16.5. The Balaban J connectivity index is 1.66. The normalized spacial score (nSPS) is 18.9. The molecule has 1 aliphatic carbocycles. The largest absolute Gasteiger partial charge is 0.379 e. The Morgan fingerprint density at radius 3 is 2.43 bits per heavy atom. The van der Waals surface area contributed by atoms with Crippen LogP contribution in [0.3, 0.4) is 0 Å². The van der Waals surface area contributed by atoms with E-state index >= 15 is 0 Å². The lowest BCUT2D eigenvalue weighted by molar-refractivity contribution is 0.0361. The highest BCUT2D eigenvalue weighted by molar-refractivity contribution is 5.76. The van der Waals surface area contributed by atoms with E-state index in [9.17, 15) is 9.59 Å². The van der Waals surface area contributed by atoms with Gasteiger partial charge < -0.3 is 9.30 Å². The molecule has 0 bridgehead atoms. The van der Waals surface area contributed by atoms with Gasteiger partial charge >= 0.3 is 5.69 Å². The van der Waals surface area contributed by atoms with Gasteiger partial charge in [-0.3, -0.25) is 23.2 Å². The Labute approximate surface area is 174 Å². The SMILES string of the molecule is Cc1c(C)n2c3c(=O)n(CCN4CCOCC4)c(=O)n(C)c3nc2n1C1CCCC1. The molecule has 0 atom stereocenters. The molecule has 2 fully saturated rings. The highest BCUT2D eigenvalue weighted by Gasteiger charge is 2.27. The van der Waals surface area contributed by atoms with Crippen LogP contribution in [0, 0.1) is 13.8 Å². The molecule has 0 amide bonds. The lowest BCUT2D eigenvalue weighted by Gasteiger charge is -2.26. The maximum absolute atomic E-state index is 13.5. The standard InChI is InChI=1S/C21H30N6O3/c1-14-15(2)27-17-18(22-20(27)26(14)16-6-4-5-7-16)23(3)21(29)25(19(17)28)9-8-24-10-12-30-13-11-24/h16H,4-13H2,1-3H3. The van der Waals surface area contributed by atoms with Crippen LogP contribution in [0.5, 0.6) is 0 Å². The first kappa shape index (κ1) is 19.6. The van der Waals surface area contributed by atoms with Crippen LogP contribution in [0.25, 0.3) is 16.9 Å². The Morgan fingerprint density at radius 2 is 1.73 bits per heavy atom. The summed E-state index contributed by atoms with van der Waals surface area (Å²) in [6.07, 6.45) is 4.72. The summed E-state index contributed by atoms with van der Waals surface area (Å²) in [7, 11) is 1.71. The number of morpholine rings is 1. The monoisotopic (exact) mass is 414 g/mol. The molecule has 9 heteroatoms. The van der Waals surface area contributed by atoms with E-state index < -0.39 is 0 Å². The minimum atomic E-state index is -0.302. The smallest absolute Gasteiger partial charge is 0.332 e. The number of aromatic nitrogens is 5. The number of hydrogen-bond donors (Lipinski definition) is 0. The molecule has 30 heavy (non-hydrogen) atoms. The van der Waals surface area contributed by atoms with Gasteiger partial charge in [-0.25, -0.2) is 4.79 Å². The van der Waals surface area contributed by atoms with Crippen molar-refractivity contribution in [2.75, 3.05) is 32.8 Å². The van der Waals surface area contributed by atoms with Crippen molar-refractivity contribution in [2.24, 2.45) is 7.05 Å². The summed E-state index contributed by atoms with van der Waals surface area (Å²) in [6, 6.07) is 0.415. The first-order chi connectivity index (χ1) is 14.5. The molecular formula is C21H30N6O3. The summed E-state index contributed by atoms with van der Waals surface area (Å²) in [6.45, 7) is 8.23. The second kappa shape index (κ2) is 7.39. The topological polar surface area (TPSA) is 78.7 Å². The first-order valence-corrected chi connectivity index (χ1v) is 11.0. The zero-order valence-corrected chi connectivity index (χ0v) is 18.1. The fourth-order valence-electron chi connectivity index (χ4n) is 5.14. The van der Waals surface area contributed by atoms with Crippen molar-refractivity contribution in [3.05, 3.63) is 32.2 Å². The number of aryl methyl sites for hydroxylation is 2. The Hall–Kier alpha value is -2.39. The van der Waals surface area contributed by atoms with Gasteiger partial charge in [-0.2, -0.15) is 4.98 Å². The molecule has 1 aliphatic heterocycles. The van der Waals surface area contributed by atoms with Crippen molar-refractivity contribution in [2.45, 2.75) is 52.1 Å². The number of ether oxygens (including phenoxy) is 1. The Morgan fingerprint density at radius 1 is 1.03 bits per heavy atom. The van der Waals surface area contributed by atoms with Crippen LogP contribution in [0.2, 0.25) is 0 Å². The molecular weight excluding hydrogens is 384 g/mol. The average molecular weight is 415 g/mol. The lowest BCUT2D eigenvalue weighted by atomic mass is 10.2. The van der Waals surface area contributed by atoms with Gasteiger partial charge in [-0.1, -0.05) is 12.8 Å². The molecule has 162 valence electrons. The number of rotatable bonds is 4. The van der Waals surface area contributed by atoms with Gasteiger partial charge in [0.1, 0.15) is 0 Å². The fourth-order valence-corrected chi connectivity index (χ4v) is 5.14. The lowest BCUT2D eigenvalue weighted by Crippen LogP contribution is -2.44. The molecule has 1 saturated heterocycles. The molecule has 5 rings (SSSR count). The summed E-state index contributed by atoms with van der Waals surface area (Å²) in [4.78, 5) is 33.5. The quantitative estimate of drug-likeness (QED) is 0.641. The summed E-state index contributed by atoms with van der Waals surface area (Å²) in [5.41, 5.74) is 2.60. The number of imidazole rings is 2. The summed E-state index contributed by atoms with van der Waals surface area (Å²) in [5, 5.41) is 0. The molecule has 1 saturated carbocycles. The maximum Gasteiger partial charge on any atom is 0.332 e. The average Bonchev–Trinajstić information content (AvgIpc) is 3.45. The molecule has 0 unspecified atom stereocenters. The van der Waals surface area contributed by atoms with Gasteiger partial charge in [-0.05, 0) is 26.7 Å². The van der Waals surface area contributed by atoms with E-state index in [4.69, 9.17) is 9.72 Å². The number of nitrogens with zero attached hydrogens (tertiary/aromatic N) is 6. The molecule has 4 heterocycles. The fraction of sp³-hybridized carbons (Fsp3) is 0.667. The minimum Gasteiger partial charge on any atom is -0.379 e. The van der Waals surface area contributed by atoms with E-state index in [0.29, 0.717) is 43.5 Å². The van der Waals surface area contributed by atoms with Gasteiger partial charge in [0.2, 0.25) is 5.78 Å². The van der Waals surface area contributed by atoms with Crippen molar-refractivity contribution in [1.29, 1.82) is 0 Å². The predicted octanol–water partition coefficient (Wildman–Crippen LogP) is 1.21. The van der Waals surface area contributed by atoms with Crippen LogP contribution in [0.15, 0.2) is 9.59 Å². The van der Waals surface area contributed by atoms with Crippen molar-refractivity contribution >= 4 is 16.9 Å². The van der Waals surface area contributed by atoms with Crippen LogP contribution in [-0.4, -0.2) is 60.8 Å². The molecule has 3 aromatic rings. The van der Waals surface area contributed by atoms with E-state index in [1.807, 2.05) is 11.3 Å². The van der Waals surface area contributed by atoms with E-state index in [1.54, 1.807) is 7.05 Å². The third-order valence-corrected chi connectivity index (χ3v) is 6.99. The second-order valence-corrected chi connectivity index (χ2v) is 8.65. The van der Waals surface area contributed by atoms with Gasteiger partial charge in [0.15, 0.2) is 11.2 Å². The predicted molar refractivity (Wildman–Crippen MR) is 114 cm³/mol. The van der Waals surface area contributed by atoms with Crippen LogP contribution >= 0.6 is 0 Å². The van der Waals surface area contributed by atoms with Crippen molar-refractivity contribution in [1.82, 2.24) is 28.0 Å². The number of fused-ring (bicyclic) bond motifs is 3. The summed E-state index contributed by atoms with van der Waals surface area (Å²) >= 11 is 0.